The summed E-state index contributed by atoms with van der Waals surface area (Å²) < 4.78 is 16.0. The summed E-state index contributed by atoms with van der Waals surface area (Å²) in [5.41, 5.74) is -0.618. The number of nitrogens with zero attached hydrogens (tertiary/aromatic N) is 2. The quantitative estimate of drug-likeness (QED) is 0.755. The normalized spacial score (nSPS) is 15.2. The van der Waals surface area contributed by atoms with Gasteiger partial charge in [-0.1, -0.05) is 26.8 Å². The molecule has 16 heavy (non-hydrogen) atoms. The van der Waals surface area contributed by atoms with Crippen LogP contribution in [0.4, 0.5) is 0 Å². The maximum Gasteiger partial charge on any atom is 0.259 e. The van der Waals surface area contributed by atoms with Gasteiger partial charge in [0.25, 0.3) is 5.91 Å². The van der Waals surface area contributed by atoms with E-state index in [4.69, 9.17) is 0 Å². The number of hydrogen-bond donors (Lipinski definition) is 0. The third-order valence-corrected chi connectivity index (χ3v) is 3.46. The van der Waals surface area contributed by atoms with Gasteiger partial charge in [0.1, 0.15) is 5.03 Å². The number of rotatable bonds is 1. The average molecular weight is 240 g/mol. The summed E-state index contributed by atoms with van der Waals surface area (Å²) in [4.78, 5) is 15.6. The molecule has 0 aliphatic carbocycles. The second-order valence-corrected chi connectivity index (χ2v) is 6.82. The molecule has 1 unspecified atom stereocenters. The van der Waals surface area contributed by atoms with E-state index >= 15 is 0 Å². The molecule has 0 fully saturated rings. The number of carbonyl (C=O) groups is 1. The number of carbonyl (C=O) groups excluding carboxylic acids is 1. The largest absolute Gasteiger partial charge is 0.271 e. The zero-order valence-corrected chi connectivity index (χ0v) is 10.7. The topological polar surface area (TPSA) is 59.4 Å². The summed E-state index contributed by atoms with van der Waals surface area (Å²) in [5, 5.41) is 0.340. The van der Waals surface area contributed by atoms with E-state index < -0.39 is 15.1 Å². The molecule has 0 saturated carbocycles. The number of pyridine rings is 1. The fourth-order valence-corrected chi connectivity index (χ4v) is 2.18. The smallest absolute Gasteiger partial charge is 0.259 e. The second-order valence-electron chi connectivity index (χ2n) is 4.62. The molecule has 0 aliphatic rings. The van der Waals surface area contributed by atoms with Crippen molar-refractivity contribution < 1.29 is 9.00 Å². The highest BCUT2D eigenvalue weighted by atomic mass is 32.2. The minimum absolute atomic E-state index is 0.340. The lowest BCUT2D eigenvalue weighted by Gasteiger charge is -2.13. The van der Waals surface area contributed by atoms with Gasteiger partial charge in [-0.2, -0.15) is 4.36 Å². The molecule has 0 saturated heterocycles. The Kier molecular flexibility index (Phi) is 3.48. The van der Waals surface area contributed by atoms with E-state index in [1.165, 1.54) is 12.5 Å². The van der Waals surface area contributed by atoms with Gasteiger partial charge in [0.05, 0.1) is 9.73 Å². The Labute approximate surface area is 96.3 Å². The van der Waals surface area contributed by atoms with E-state index in [-0.39, 0.29) is 5.91 Å². The van der Waals surface area contributed by atoms with Crippen LogP contribution in [0.25, 0.3) is 0 Å². The summed E-state index contributed by atoms with van der Waals surface area (Å²) in [6, 6.07) is 5.06. The van der Waals surface area contributed by atoms with Crippen molar-refractivity contribution in [3.8, 4) is 0 Å². The molecule has 0 N–H and O–H groups in total. The molecule has 4 nitrogen and oxygen atoms in total. The lowest BCUT2D eigenvalue weighted by molar-refractivity contribution is -0.124. The first-order chi connectivity index (χ1) is 7.23. The van der Waals surface area contributed by atoms with Crippen LogP contribution in [0.1, 0.15) is 20.8 Å². The maximum absolute atomic E-state index is 12.2. The summed E-state index contributed by atoms with van der Waals surface area (Å²) in [6.07, 6.45) is 2.97. The van der Waals surface area contributed by atoms with E-state index in [9.17, 15) is 9.00 Å². The molecule has 88 valence electrons. The summed E-state index contributed by atoms with van der Waals surface area (Å²) in [7, 11) is -2.73. The molecule has 1 amide bonds. The van der Waals surface area contributed by atoms with Crippen molar-refractivity contribution in [1.29, 1.82) is 0 Å². The van der Waals surface area contributed by atoms with Gasteiger partial charge < -0.3 is 0 Å². The van der Waals surface area contributed by atoms with Crippen LogP contribution in [0, 0.1) is 5.41 Å². The first-order valence-electron chi connectivity index (χ1n) is 4.91. The van der Waals surface area contributed by atoms with Crippen LogP contribution in [0.2, 0.25) is 0 Å². The van der Waals surface area contributed by atoms with Crippen molar-refractivity contribution in [2.24, 2.45) is 9.78 Å². The SMILES string of the molecule is CC(C)(C)C(=O)N=S(C)(=O)c1ccccn1. The van der Waals surface area contributed by atoms with Crippen molar-refractivity contribution in [1.82, 2.24) is 4.98 Å². The standard InChI is InChI=1S/C11H16N2O2S/c1-11(2,3)10(14)13-16(4,15)9-7-5-6-8-12-9/h5-8H,1-4H3. The van der Waals surface area contributed by atoms with E-state index in [1.807, 2.05) is 0 Å². The molecule has 1 aromatic rings. The molecular weight excluding hydrogens is 224 g/mol. The van der Waals surface area contributed by atoms with Gasteiger partial charge in [0.15, 0.2) is 0 Å². The zero-order valence-electron chi connectivity index (χ0n) is 9.93. The van der Waals surface area contributed by atoms with E-state index in [0.717, 1.165) is 0 Å². The van der Waals surface area contributed by atoms with Crippen LogP contribution in [0.5, 0.6) is 0 Å². The third-order valence-electron chi connectivity index (χ3n) is 1.92. The van der Waals surface area contributed by atoms with Gasteiger partial charge in [-0.05, 0) is 12.1 Å². The van der Waals surface area contributed by atoms with E-state index in [0.29, 0.717) is 5.03 Å². The highest BCUT2D eigenvalue weighted by molar-refractivity contribution is 7.93. The Morgan fingerprint density at radius 1 is 1.38 bits per heavy atom. The summed E-state index contributed by atoms with van der Waals surface area (Å²) >= 11 is 0. The van der Waals surface area contributed by atoms with Crippen molar-refractivity contribution >= 4 is 15.6 Å². The summed E-state index contributed by atoms with van der Waals surface area (Å²) in [5.74, 6) is -0.370. The molecule has 0 spiro atoms. The van der Waals surface area contributed by atoms with Gasteiger partial charge in [-0.15, -0.1) is 0 Å². The molecule has 1 aromatic heterocycles. The Morgan fingerprint density at radius 2 is 2.00 bits per heavy atom. The highest BCUT2D eigenvalue weighted by Gasteiger charge is 2.23. The van der Waals surface area contributed by atoms with E-state index in [2.05, 4.69) is 9.35 Å². The fraction of sp³-hybridized carbons (Fsp3) is 0.455. The molecular formula is C11H16N2O2S. The molecule has 0 aromatic carbocycles. The average Bonchev–Trinajstić information content (AvgIpc) is 2.17. The first kappa shape index (κ1) is 12.8. The van der Waals surface area contributed by atoms with Crippen LogP contribution in [-0.4, -0.2) is 21.4 Å². The van der Waals surface area contributed by atoms with Crippen molar-refractivity contribution in [3.63, 3.8) is 0 Å². The van der Waals surface area contributed by atoms with Crippen LogP contribution in [0.15, 0.2) is 33.8 Å². The van der Waals surface area contributed by atoms with Gasteiger partial charge >= 0.3 is 0 Å². The zero-order chi connectivity index (χ0) is 12.4. The molecule has 1 rings (SSSR count). The number of hydrogen-bond acceptors (Lipinski definition) is 3. The minimum atomic E-state index is -2.73. The van der Waals surface area contributed by atoms with Crippen molar-refractivity contribution in [3.05, 3.63) is 24.4 Å². The molecule has 1 heterocycles. The predicted molar refractivity (Wildman–Crippen MR) is 63.5 cm³/mol. The van der Waals surface area contributed by atoms with Gasteiger partial charge in [0, 0.05) is 17.9 Å². The Hall–Kier alpha value is -1.23. The van der Waals surface area contributed by atoms with E-state index in [1.54, 1.807) is 39.0 Å². The van der Waals surface area contributed by atoms with Crippen LogP contribution >= 0.6 is 0 Å². The first-order valence-corrected chi connectivity index (χ1v) is 6.83. The predicted octanol–water partition coefficient (Wildman–Crippen LogP) is 2.11. The molecule has 1 atom stereocenters. The Balaban J connectivity index is 3.19. The third kappa shape index (κ3) is 3.13. The van der Waals surface area contributed by atoms with Crippen LogP contribution in [0.3, 0.4) is 0 Å². The van der Waals surface area contributed by atoms with Gasteiger partial charge in [-0.25, -0.2) is 9.19 Å². The molecule has 0 aliphatic heterocycles. The number of aromatic nitrogens is 1. The lowest BCUT2D eigenvalue weighted by atomic mass is 9.96. The lowest BCUT2D eigenvalue weighted by Crippen LogP contribution is -2.19. The second kappa shape index (κ2) is 4.33. The maximum atomic E-state index is 12.2. The summed E-state index contributed by atoms with van der Waals surface area (Å²) in [6.45, 7) is 5.23. The Morgan fingerprint density at radius 3 is 2.44 bits per heavy atom. The van der Waals surface area contributed by atoms with Gasteiger partial charge in [-0.3, -0.25) is 4.79 Å². The fourth-order valence-electron chi connectivity index (χ4n) is 0.913. The van der Waals surface area contributed by atoms with Crippen LogP contribution < -0.4 is 0 Å². The van der Waals surface area contributed by atoms with Crippen LogP contribution in [-0.2, 0) is 14.5 Å². The number of amides is 1. The molecule has 5 heteroatoms. The highest BCUT2D eigenvalue weighted by Crippen LogP contribution is 2.18. The Bertz CT molecular complexity index is 494. The van der Waals surface area contributed by atoms with Crippen molar-refractivity contribution in [2.45, 2.75) is 25.8 Å². The molecule has 0 bridgehead atoms. The van der Waals surface area contributed by atoms with Gasteiger partial charge in [0.2, 0.25) is 0 Å². The molecule has 0 radical (unpaired) electrons. The van der Waals surface area contributed by atoms with Crippen molar-refractivity contribution in [2.75, 3.05) is 6.26 Å². The monoisotopic (exact) mass is 240 g/mol. The minimum Gasteiger partial charge on any atom is -0.271 e.